The van der Waals surface area contributed by atoms with Gasteiger partial charge < -0.3 is 5.73 Å². The zero-order valence-corrected chi connectivity index (χ0v) is 13.2. The van der Waals surface area contributed by atoms with Crippen molar-refractivity contribution in [2.45, 2.75) is 49.6 Å². The number of benzene rings is 1. The minimum atomic E-state index is -3.98. The number of aryl methyl sites for hydroxylation is 1. The third kappa shape index (κ3) is 4.35. The Hall–Kier alpha value is -0.760. The highest BCUT2D eigenvalue weighted by atomic mass is 35.5. The van der Waals surface area contributed by atoms with Crippen LogP contribution in [0.4, 0.5) is 8.78 Å². The molecule has 0 radical (unpaired) electrons. The molecule has 21 heavy (non-hydrogen) atoms. The molecule has 0 amide bonds. The maximum Gasteiger partial charge on any atom is 0.243 e. The number of hydrogen-bond donors (Lipinski definition) is 2. The first-order valence-corrected chi connectivity index (χ1v) is 8.01. The Bertz CT molecular complexity index is 602. The maximum atomic E-state index is 13.7. The van der Waals surface area contributed by atoms with E-state index in [-0.39, 0.29) is 30.1 Å². The zero-order valence-electron chi connectivity index (χ0n) is 11.6. The van der Waals surface area contributed by atoms with Crippen molar-refractivity contribution >= 4 is 22.4 Å². The van der Waals surface area contributed by atoms with Crippen molar-refractivity contribution in [2.24, 2.45) is 5.73 Å². The Kier molecular flexibility index (Phi) is 6.10. The maximum absolute atomic E-state index is 13.7. The molecule has 3 N–H and O–H groups in total. The lowest BCUT2D eigenvalue weighted by Gasteiger charge is -2.26. The Morgan fingerprint density at radius 2 is 1.71 bits per heavy atom. The van der Waals surface area contributed by atoms with Crippen molar-refractivity contribution in [3.8, 4) is 0 Å². The molecule has 0 unspecified atom stereocenters. The molecule has 0 heterocycles. The van der Waals surface area contributed by atoms with E-state index in [4.69, 9.17) is 5.73 Å². The molecular weight excluding hydrogens is 322 g/mol. The van der Waals surface area contributed by atoms with Gasteiger partial charge in [-0.15, -0.1) is 12.4 Å². The number of halogens is 3. The summed E-state index contributed by atoms with van der Waals surface area (Å²) in [5.74, 6) is -1.83. The first kappa shape index (κ1) is 18.3. The number of hydrogen-bond acceptors (Lipinski definition) is 3. The van der Waals surface area contributed by atoms with Crippen LogP contribution < -0.4 is 10.5 Å². The van der Waals surface area contributed by atoms with Crippen LogP contribution in [0.1, 0.15) is 31.2 Å². The van der Waals surface area contributed by atoms with E-state index in [2.05, 4.69) is 4.72 Å². The van der Waals surface area contributed by atoms with E-state index in [1.807, 2.05) is 0 Å². The molecule has 0 bridgehead atoms. The lowest BCUT2D eigenvalue weighted by Crippen LogP contribution is -2.40. The third-order valence-corrected chi connectivity index (χ3v) is 5.13. The van der Waals surface area contributed by atoms with Gasteiger partial charge in [0.2, 0.25) is 10.0 Å². The summed E-state index contributed by atoms with van der Waals surface area (Å²) in [4.78, 5) is -0.508. The molecule has 0 aromatic heterocycles. The van der Waals surface area contributed by atoms with Crippen LogP contribution >= 0.6 is 12.4 Å². The average Bonchev–Trinajstić information content (AvgIpc) is 2.36. The summed E-state index contributed by atoms with van der Waals surface area (Å²) in [5.41, 5.74) is 5.85. The zero-order chi connectivity index (χ0) is 14.9. The van der Waals surface area contributed by atoms with Gasteiger partial charge in [-0.25, -0.2) is 21.9 Å². The molecule has 1 aliphatic carbocycles. The van der Waals surface area contributed by atoms with Crippen LogP contribution in [-0.4, -0.2) is 20.5 Å². The second-order valence-corrected chi connectivity index (χ2v) is 6.95. The molecule has 2 rings (SSSR count). The molecule has 1 aliphatic rings. The summed E-state index contributed by atoms with van der Waals surface area (Å²) >= 11 is 0. The Morgan fingerprint density at radius 3 is 2.29 bits per heavy atom. The first-order chi connectivity index (χ1) is 9.29. The van der Waals surface area contributed by atoms with Crippen molar-refractivity contribution in [1.29, 1.82) is 0 Å². The summed E-state index contributed by atoms with van der Waals surface area (Å²) in [6, 6.07) is 1.47. The molecule has 0 spiro atoms. The van der Waals surface area contributed by atoms with Crippen LogP contribution in [0.25, 0.3) is 0 Å². The SMILES string of the molecule is Cc1cc(S(=O)(=O)NC2CCC(N)CC2)c(F)cc1F.Cl. The van der Waals surface area contributed by atoms with Gasteiger partial charge in [-0.05, 0) is 44.2 Å². The smallest absolute Gasteiger partial charge is 0.243 e. The molecule has 8 heteroatoms. The van der Waals surface area contributed by atoms with Crippen molar-refractivity contribution in [3.05, 3.63) is 29.3 Å². The van der Waals surface area contributed by atoms with Crippen LogP contribution in [0.3, 0.4) is 0 Å². The van der Waals surface area contributed by atoms with Crippen molar-refractivity contribution in [3.63, 3.8) is 0 Å². The molecular formula is C13H19ClF2N2O2S. The summed E-state index contributed by atoms with van der Waals surface area (Å²) in [6.07, 6.45) is 2.72. The normalized spacial score (nSPS) is 22.7. The fourth-order valence-corrected chi connectivity index (χ4v) is 3.81. The predicted octanol–water partition coefficient (Wildman–Crippen LogP) is 2.24. The summed E-state index contributed by atoms with van der Waals surface area (Å²) in [6.45, 7) is 1.40. The van der Waals surface area contributed by atoms with Crippen LogP contribution in [0, 0.1) is 18.6 Å². The van der Waals surface area contributed by atoms with Gasteiger partial charge in [-0.2, -0.15) is 0 Å². The summed E-state index contributed by atoms with van der Waals surface area (Å²) in [7, 11) is -3.98. The molecule has 0 aliphatic heterocycles. The fraction of sp³-hybridized carbons (Fsp3) is 0.538. The van der Waals surface area contributed by atoms with E-state index in [1.54, 1.807) is 0 Å². The molecule has 1 fully saturated rings. The Balaban J connectivity index is 0.00000220. The first-order valence-electron chi connectivity index (χ1n) is 6.53. The minimum Gasteiger partial charge on any atom is -0.328 e. The number of nitrogens with one attached hydrogen (secondary N) is 1. The minimum absolute atomic E-state index is 0. The summed E-state index contributed by atoms with van der Waals surface area (Å²) in [5, 5.41) is 0. The van der Waals surface area contributed by atoms with E-state index < -0.39 is 26.6 Å². The molecule has 1 aromatic rings. The van der Waals surface area contributed by atoms with Gasteiger partial charge in [0.15, 0.2) is 0 Å². The van der Waals surface area contributed by atoms with Crippen LogP contribution in [0.2, 0.25) is 0 Å². The topological polar surface area (TPSA) is 72.2 Å². The third-order valence-electron chi connectivity index (χ3n) is 3.60. The molecule has 0 saturated heterocycles. The monoisotopic (exact) mass is 340 g/mol. The highest BCUT2D eigenvalue weighted by molar-refractivity contribution is 7.89. The van der Waals surface area contributed by atoms with Gasteiger partial charge in [0.1, 0.15) is 16.5 Å². The van der Waals surface area contributed by atoms with Crippen molar-refractivity contribution < 1.29 is 17.2 Å². The molecule has 4 nitrogen and oxygen atoms in total. The van der Waals surface area contributed by atoms with Gasteiger partial charge in [-0.1, -0.05) is 0 Å². The number of sulfonamides is 1. The highest BCUT2D eigenvalue weighted by Crippen LogP contribution is 2.22. The van der Waals surface area contributed by atoms with Crippen molar-refractivity contribution in [1.82, 2.24) is 4.72 Å². The van der Waals surface area contributed by atoms with Gasteiger partial charge >= 0.3 is 0 Å². The van der Waals surface area contributed by atoms with E-state index in [9.17, 15) is 17.2 Å². The van der Waals surface area contributed by atoms with E-state index in [1.165, 1.54) is 6.92 Å². The van der Waals surface area contributed by atoms with Crippen LogP contribution in [0.5, 0.6) is 0 Å². The van der Waals surface area contributed by atoms with E-state index in [0.29, 0.717) is 18.9 Å². The van der Waals surface area contributed by atoms with E-state index in [0.717, 1.165) is 18.9 Å². The quantitative estimate of drug-likeness (QED) is 0.886. The average molecular weight is 341 g/mol. The van der Waals surface area contributed by atoms with Gasteiger partial charge in [0.05, 0.1) is 0 Å². The number of rotatable bonds is 3. The van der Waals surface area contributed by atoms with Crippen molar-refractivity contribution in [2.75, 3.05) is 0 Å². The molecule has 120 valence electrons. The summed E-state index contributed by atoms with van der Waals surface area (Å²) < 4.78 is 53.6. The molecule has 1 saturated carbocycles. The lowest BCUT2D eigenvalue weighted by molar-refractivity contribution is 0.373. The second-order valence-electron chi connectivity index (χ2n) is 5.26. The van der Waals surface area contributed by atoms with Gasteiger partial charge in [0.25, 0.3) is 0 Å². The largest absolute Gasteiger partial charge is 0.328 e. The second kappa shape index (κ2) is 7.00. The predicted molar refractivity (Wildman–Crippen MR) is 78.9 cm³/mol. The standard InChI is InChI=1S/C13H18F2N2O2S.ClH/c1-8-6-13(12(15)7-11(8)14)20(18,19)17-10-4-2-9(16)3-5-10;/h6-7,9-10,17H,2-5,16H2,1H3;1H. The van der Waals surface area contributed by atoms with Crippen LogP contribution in [-0.2, 0) is 10.0 Å². The van der Waals surface area contributed by atoms with Crippen LogP contribution in [0.15, 0.2) is 17.0 Å². The molecule has 0 atom stereocenters. The number of nitrogens with two attached hydrogens (primary N) is 1. The van der Waals surface area contributed by atoms with Gasteiger partial charge in [0, 0.05) is 18.2 Å². The van der Waals surface area contributed by atoms with E-state index >= 15 is 0 Å². The highest BCUT2D eigenvalue weighted by Gasteiger charge is 2.26. The fourth-order valence-electron chi connectivity index (χ4n) is 2.36. The molecule has 1 aromatic carbocycles. The van der Waals surface area contributed by atoms with Gasteiger partial charge in [-0.3, -0.25) is 0 Å². The lowest BCUT2D eigenvalue weighted by atomic mass is 9.93. The Morgan fingerprint density at radius 1 is 1.14 bits per heavy atom. The Labute approximate surface area is 129 Å².